The van der Waals surface area contributed by atoms with E-state index in [0.29, 0.717) is 12.1 Å². The Hall–Kier alpha value is -3.68. The molecule has 1 aliphatic heterocycles. The number of allylic oxidation sites excluding steroid dienone is 2. The fourth-order valence-electron chi connectivity index (χ4n) is 3.43. The standard InChI is InChI=1S/C21H21ClF5N5O4/c1-9(2)36-20(34)16-13(7-30-31-8-29-28)32-12(6-23)15(19(33)35-3)17(16)14-11(24)5-4-10(22)18(14)21(25,26)27/h4-5,7-9,17,32H,6,28H2,1-3H3,(H,29,31). The molecule has 9 nitrogen and oxygen atoms in total. The van der Waals surface area contributed by atoms with Gasteiger partial charge in [0.2, 0.25) is 0 Å². The average molecular weight is 538 g/mol. The van der Waals surface area contributed by atoms with Gasteiger partial charge in [0.05, 0.1) is 58.5 Å². The number of rotatable bonds is 8. The highest BCUT2D eigenvalue weighted by Gasteiger charge is 2.47. The number of nitrogens with zero attached hydrogens (tertiary/aromatic N) is 2. The minimum Gasteiger partial charge on any atom is -0.466 e. The van der Waals surface area contributed by atoms with E-state index in [0.717, 1.165) is 19.7 Å². The number of nitrogens with two attached hydrogens (primary N) is 1. The van der Waals surface area contributed by atoms with E-state index >= 15 is 4.39 Å². The minimum atomic E-state index is -5.24. The van der Waals surface area contributed by atoms with Gasteiger partial charge in [-0.3, -0.25) is 5.43 Å². The van der Waals surface area contributed by atoms with Crippen molar-refractivity contribution < 1.29 is 41.0 Å². The van der Waals surface area contributed by atoms with E-state index < -0.39 is 81.3 Å². The second-order valence-electron chi connectivity index (χ2n) is 7.34. The van der Waals surface area contributed by atoms with Gasteiger partial charge >= 0.3 is 18.1 Å². The zero-order valence-electron chi connectivity index (χ0n) is 19.0. The molecule has 4 N–H and O–H groups in total. The number of alkyl halides is 4. The number of carbonyl (C=O) groups excluding carboxylic acids is 2. The van der Waals surface area contributed by atoms with Crippen molar-refractivity contribution in [3.8, 4) is 0 Å². The van der Waals surface area contributed by atoms with Crippen LogP contribution < -0.4 is 16.6 Å². The van der Waals surface area contributed by atoms with Gasteiger partial charge in [0.25, 0.3) is 0 Å². The number of dihydropyridines is 1. The molecule has 196 valence electrons. The molecule has 0 radical (unpaired) electrons. The van der Waals surface area contributed by atoms with E-state index in [4.69, 9.17) is 22.2 Å². The molecule has 1 aromatic carbocycles. The first-order valence-corrected chi connectivity index (χ1v) is 10.4. The van der Waals surface area contributed by atoms with Crippen molar-refractivity contribution in [1.29, 1.82) is 0 Å². The van der Waals surface area contributed by atoms with Gasteiger partial charge in [0.15, 0.2) is 0 Å². The van der Waals surface area contributed by atoms with E-state index in [1.165, 1.54) is 13.8 Å². The molecular weight excluding hydrogens is 517 g/mol. The lowest BCUT2D eigenvalue weighted by Crippen LogP contribution is -2.37. The maximum atomic E-state index is 15.2. The van der Waals surface area contributed by atoms with Crippen molar-refractivity contribution in [3.05, 3.63) is 56.6 Å². The van der Waals surface area contributed by atoms with Gasteiger partial charge in [0, 0.05) is 5.56 Å². The first-order chi connectivity index (χ1) is 16.9. The first kappa shape index (κ1) is 28.6. The maximum Gasteiger partial charge on any atom is 0.418 e. The molecule has 0 bridgehead atoms. The van der Waals surface area contributed by atoms with Crippen LogP contribution in [0.4, 0.5) is 22.0 Å². The summed E-state index contributed by atoms with van der Waals surface area (Å²) in [6.07, 6.45) is -4.25. The van der Waals surface area contributed by atoms with E-state index in [2.05, 4.69) is 25.7 Å². The summed E-state index contributed by atoms with van der Waals surface area (Å²) in [6, 6.07) is 1.29. The fraction of sp³-hybridized carbons (Fsp3) is 0.333. The summed E-state index contributed by atoms with van der Waals surface area (Å²) in [6.45, 7) is 1.45. The molecule has 0 aliphatic carbocycles. The molecule has 1 unspecified atom stereocenters. The lowest BCUT2D eigenvalue weighted by molar-refractivity contribution is -0.144. The number of carbonyl (C=O) groups is 2. The molecule has 0 amide bonds. The van der Waals surface area contributed by atoms with Crippen LogP contribution in [-0.2, 0) is 25.2 Å². The number of methoxy groups -OCH3 is 1. The number of hydrogen-bond acceptors (Lipinski definition) is 8. The quantitative estimate of drug-likeness (QED) is 0.116. The molecular formula is C21H21ClF5N5O4. The van der Waals surface area contributed by atoms with Crippen LogP contribution in [0.5, 0.6) is 0 Å². The van der Waals surface area contributed by atoms with Crippen LogP contribution >= 0.6 is 11.6 Å². The zero-order valence-corrected chi connectivity index (χ0v) is 19.8. The highest BCUT2D eigenvalue weighted by atomic mass is 35.5. The molecule has 0 spiro atoms. The van der Waals surface area contributed by atoms with E-state index in [-0.39, 0.29) is 0 Å². The zero-order chi connectivity index (χ0) is 27.2. The monoisotopic (exact) mass is 537 g/mol. The van der Waals surface area contributed by atoms with Crippen molar-refractivity contribution >= 4 is 36.1 Å². The average Bonchev–Trinajstić information content (AvgIpc) is 2.80. The third kappa shape index (κ3) is 6.11. The molecule has 1 atom stereocenters. The lowest BCUT2D eigenvalue weighted by atomic mass is 9.78. The Kier molecular flexibility index (Phi) is 9.39. The molecule has 1 aliphatic rings. The number of hydrazone groups is 2. The van der Waals surface area contributed by atoms with Crippen molar-refractivity contribution in [1.82, 2.24) is 10.7 Å². The summed E-state index contributed by atoms with van der Waals surface area (Å²) in [5.41, 5.74) is -3.15. The third-order valence-corrected chi connectivity index (χ3v) is 5.01. The van der Waals surface area contributed by atoms with E-state index in [1.807, 2.05) is 0 Å². The minimum absolute atomic E-state index is 0.406. The SMILES string of the molecule is COC(=O)C1=C(CF)NC(C=NNC=NN)=C(C(=O)OC(C)C)C1c1c(F)ccc(Cl)c1C(F)(F)F. The van der Waals surface area contributed by atoms with Gasteiger partial charge in [-0.25, -0.2) is 18.4 Å². The molecule has 0 saturated heterocycles. The van der Waals surface area contributed by atoms with Gasteiger partial charge < -0.3 is 20.6 Å². The Labute approximate surface area is 206 Å². The second kappa shape index (κ2) is 11.8. The molecule has 0 fully saturated rings. The van der Waals surface area contributed by atoms with Crippen LogP contribution in [0, 0.1) is 5.82 Å². The number of ether oxygens (including phenoxy) is 2. The van der Waals surface area contributed by atoms with Crippen LogP contribution in [0.15, 0.2) is 44.9 Å². The van der Waals surface area contributed by atoms with Crippen molar-refractivity contribution in [3.63, 3.8) is 0 Å². The summed E-state index contributed by atoms with van der Waals surface area (Å²) < 4.78 is 81.3. The molecule has 0 saturated carbocycles. The Morgan fingerprint density at radius 3 is 2.47 bits per heavy atom. The Morgan fingerprint density at radius 2 is 1.94 bits per heavy atom. The van der Waals surface area contributed by atoms with Crippen molar-refractivity contribution in [2.24, 2.45) is 16.0 Å². The number of benzene rings is 1. The normalized spacial score (nSPS) is 16.7. The summed E-state index contributed by atoms with van der Waals surface area (Å²) in [4.78, 5) is 25.8. The summed E-state index contributed by atoms with van der Waals surface area (Å²) in [5.74, 6) is -1.27. The van der Waals surface area contributed by atoms with Crippen LogP contribution in [0.1, 0.15) is 30.9 Å². The highest BCUT2D eigenvalue weighted by Crippen LogP contribution is 2.47. The molecule has 1 heterocycles. The Bertz CT molecular complexity index is 1150. The fourth-order valence-corrected chi connectivity index (χ4v) is 3.70. The summed E-state index contributed by atoms with van der Waals surface area (Å²) in [7, 11) is 0.879. The number of halogens is 6. The number of hydrogen-bond donors (Lipinski definition) is 3. The van der Waals surface area contributed by atoms with Crippen LogP contribution in [0.3, 0.4) is 0 Å². The van der Waals surface area contributed by atoms with Gasteiger partial charge in [-0.1, -0.05) is 11.6 Å². The Balaban J connectivity index is 3.05. The number of esters is 2. The second-order valence-corrected chi connectivity index (χ2v) is 7.75. The largest absolute Gasteiger partial charge is 0.466 e. The number of nitrogens with one attached hydrogen (secondary N) is 2. The summed E-state index contributed by atoms with van der Waals surface area (Å²) in [5, 5.41) is 8.28. The predicted molar refractivity (Wildman–Crippen MR) is 120 cm³/mol. The van der Waals surface area contributed by atoms with Crippen LogP contribution in [0.25, 0.3) is 0 Å². The van der Waals surface area contributed by atoms with Gasteiger partial charge in [-0.2, -0.15) is 23.4 Å². The molecule has 2 rings (SSSR count). The maximum absolute atomic E-state index is 15.2. The summed E-state index contributed by atoms with van der Waals surface area (Å²) >= 11 is 5.80. The van der Waals surface area contributed by atoms with Gasteiger partial charge in [0.1, 0.15) is 18.8 Å². The van der Waals surface area contributed by atoms with Gasteiger partial charge in [-0.05, 0) is 26.0 Å². The molecule has 1 aromatic rings. The third-order valence-electron chi connectivity index (χ3n) is 4.69. The van der Waals surface area contributed by atoms with Crippen LogP contribution in [-0.4, -0.2) is 44.4 Å². The smallest absolute Gasteiger partial charge is 0.418 e. The molecule has 0 aromatic heterocycles. The van der Waals surface area contributed by atoms with Crippen molar-refractivity contribution in [2.45, 2.75) is 32.0 Å². The lowest BCUT2D eigenvalue weighted by Gasteiger charge is -2.32. The molecule has 36 heavy (non-hydrogen) atoms. The van der Waals surface area contributed by atoms with Gasteiger partial charge in [-0.15, -0.1) is 0 Å². The topological polar surface area (TPSA) is 127 Å². The Morgan fingerprint density at radius 1 is 1.28 bits per heavy atom. The molecule has 15 heteroatoms. The van der Waals surface area contributed by atoms with E-state index in [1.54, 1.807) is 0 Å². The first-order valence-electron chi connectivity index (χ1n) is 10.0. The predicted octanol–water partition coefficient (Wildman–Crippen LogP) is 3.26. The van der Waals surface area contributed by atoms with Crippen LogP contribution in [0.2, 0.25) is 5.02 Å². The van der Waals surface area contributed by atoms with Crippen molar-refractivity contribution in [2.75, 3.05) is 13.8 Å². The van der Waals surface area contributed by atoms with E-state index in [9.17, 15) is 27.2 Å². The highest BCUT2D eigenvalue weighted by molar-refractivity contribution is 6.31.